The molecule has 0 saturated heterocycles. The average Bonchev–Trinajstić information content (AvgIpc) is 2.64. The molecule has 1 saturated carbocycles. The van der Waals surface area contributed by atoms with Crippen molar-refractivity contribution in [3.05, 3.63) is 40.9 Å². The molecule has 0 unspecified atom stereocenters. The Bertz CT molecular complexity index is 735. The first kappa shape index (κ1) is 17.6. The Balaban J connectivity index is 1.51. The van der Waals surface area contributed by atoms with Crippen LogP contribution in [0.5, 0.6) is 11.8 Å². The fraction of sp³-hybridized carbons (Fsp3) is 0.412. The Labute approximate surface area is 154 Å². The van der Waals surface area contributed by atoms with Crippen LogP contribution in [-0.2, 0) is 0 Å². The number of nitrogens with zero attached hydrogens (tertiary/aromatic N) is 3. The maximum Gasteiger partial charge on any atom is 0.278 e. The van der Waals surface area contributed by atoms with E-state index < -0.39 is 0 Å². The zero-order valence-electron chi connectivity index (χ0n) is 13.8. The van der Waals surface area contributed by atoms with Crippen LogP contribution in [-0.4, -0.2) is 40.1 Å². The Morgan fingerprint density at radius 2 is 1.88 bits per heavy atom. The van der Waals surface area contributed by atoms with E-state index in [2.05, 4.69) is 36.2 Å². The summed E-state index contributed by atoms with van der Waals surface area (Å²) < 4.78 is 11.8. The summed E-state index contributed by atoms with van der Waals surface area (Å²) in [7, 11) is 1.54. The SMILES string of the molecule is COc1nccnc1OC1CCC(NC(=O)c2cncc(Br)c2)CC1. The van der Waals surface area contributed by atoms with Gasteiger partial charge < -0.3 is 14.8 Å². The van der Waals surface area contributed by atoms with Crippen LogP contribution in [0.4, 0.5) is 0 Å². The lowest BCUT2D eigenvalue weighted by molar-refractivity contribution is 0.0886. The van der Waals surface area contributed by atoms with Crippen LogP contribution in [0, 0.1) is 0 Å². The van der Waals surface area contributed by atoms with E-state index in [4.69, 9.17) is 9.47 Å². The van der Waals surface area contributed by atoms with Crippen molar-refractivity contribution in [2.24, 2.45) is 0 Å². The molecule has 3 rings (SSSR count). The fourth-order valence-corrected chi connectivity index (χ4v) is 3.19. The normalized spacial score (nSPS) is 19.9. The summed E-state index contributed by atoms with van der Waals surface area (Å²) in [5.41, 5.74) is 0.553. The molecule has 2 heterocycles. The minimum absolute atomic E-state index is 0.0475. The first-order valence-electron chi connectivity index (χ1n) is 8.09. The van der Waals surface area contributed by atoms with E-state index in [1.165, 1.54) is 0 Å². The molecule has 1 aliphatic carbocycles. The second-order valence-corrected chi connectivity index (χ2v) is 6.74. The monoisotopic (exact) mass is 406 g/mol. The van der Waals surface area contributed by atoms with E-state index in [9.17, 15) is 4.79 Å². The highest BCUT2D eigenvalue weighted by atomic mass is 79.9. The van der Waals surface area contributed by atoms with Crippen LogP contribution < -0.4 is 14.8 Å². The predicted octanol–water partition coefficient (Wildman–Crippen LogP) is 2.76. The van der Waals surface area contributed by atoms with Crippen LogP contribution >= 0.6 is 15.9 Å². The highest BCUT2D eigenvalue weighted by Crippen LogP contribution is 2.27. The van der Waals surface area contributed by atoms with E-state index in [0.29, 0.717) is 17.3 Å². The second-order valence-electron chi connectivity index (χ2n) is 5.83. The first-order valence-corrected chi connectivity index (χ1v) is 8.88. The van der Waals surface area contributed by atoms with Gasteiger partial charge in [0.05, 0.1) is 12.7 Å². The van der Waals surface area contributed by atoms with Gasteiger partial charge in [-0.2, -0.15) is 0 Å². The van der Waals surface area contributed by atoms with Crippen LogP contribution in [0.1, 0.15) is 36.0 Å². The van der Waals surface area contributed by atoms with Crippen molar-refractivity contribution >= 4 is 21.8 Å². The zero-order valence-corrected chi connectivity index (χ0v) is 15.4. The smallest absolute Gasteiger partial charge is 0.278 e. The molecule has 1 amide bonds. The number of rotatable bonds is 5. The number of carbonyl (C=O) groups excluding carboxylic acids is 1. The number of methoxy groups -OCH3 is 1. The van der Waals surface area contributed by atoms with Gasteiger partial charge in [-0.25, -0.2) is 9.97 Å². The summed E-state index contributed by atoms with van der Waals surface area (Å²) >= 11 is 3.33. The van der Waals surface area contributed by atoms with Gasteiger partial charge in [-0.1, -0.05) is 0 Å². The molecular weight excluding hydrogens is 388 g/mol. The quantitative estimate of drug-likeness (QED) is 0.821. The molecule has 1 aliphatic rings. The molecule has 2 aromatic rings. The average molecular weight is 407 g/mol. The molecule has 2 aromatic heterocycles. The molecule has 0 aromatic carbocycles. The van der Waals surface area contributed by atoms with Crippen molar-refractivity contribution in [2.75, 3.05) is 7.11 Å². The summed E-state index contributed by atoms with van der Waals surface area (Å²) in [6.45, 7) is 0. The largest absolute Gasteiger partial charge is 0.477 e. The number of halogens is 1. The lowest BCUT2D eigenvalue weighted by Gasteiger charge is -2.29. The van der Waals surface area contributed by atoms with Crippen molar-refractivity contribution in [2.45, 2.75) is 37.8 Å². The number of hydrogen-bond acceptors (Lipinski definition) is 6. The van der Waals surface area contributed by atoms with Gasteiger partial charge in [-0.3, -0.25) is 9.78 Å². The molecular formula is C17H19BrN4O3. The summed E-state index contributed by atoms with van der Waals surface area (Å²) in [5.74, 6) is 0.701. The maximum absolute atomic E-state index is 12.3. The van der Waals surface area contributed by atoms with Gasteiger partial charge >= 0.3 is 0 Å². The van der Waals surface area contributed by atoms with Gasteiger partial charge in [-0.05, 0) is 47.7 Å². The topological polar surface area (TPSA) is 86.2 Å². The Kier molecular flexibility index (Phi) is 5.80. The molecule has 132 valence electrons. The van der Waals surface area contributed by atoms with E-state index in [0.717, 1.165) is 30.2 Å². The zero-order chi connectivity index (χ0) is 17.6. The molecule has 0 atom stereocenters. The van der Waals surface area contributed by atoms with Gasteiger partial charge in [0.25, 0.3) is 17.7 Å². The third kappa shape index (κ3) is 4.66. The molecule has 25 heavy (non-hydrogen) atoms. The lowest BCUT2D eigenvalue weighted by Crippen LogP contribution is -2.39. The van der Waals surface area contributed by atoms with E-state index >= 15 is 0 Å². The second kappa shape index (κ2) is 8.24. The fourth-order valence-electron chi connectivity index (χ4n) is 2.82. The Morgan fingerprint density at radius 1 is 1.16 bits per heavy atom. The Hall–Kier alpha value is -2.22. The number of pyridine rings is 1. The molecule has 0 spiro atoms. The van der Waals surface area contributed by atoms with Gasteiger partial charge in [-0.15, -0.1) is 0 Å². The molecule has 8 heteroatoms. The van der Waals surface area contributed by atoms with Crippen molar-refractivity contribution in [1.29, 1.82) is 0 Å². The molecule has 1 N–H and O–H groups in total. The van der Waals surface area contributed by atoms with Crippen molar-refractivity contribution in [1.82, 2.24) is 20.3 Å². The highest BCUT2D eigenvalue weighted by Gasteiger charge is 2.25. The van der Waals surface area contributed by atoms with Crippen LogP contribution in [0.15, 0.2) is 35.3 Å². The number of amides is 1. The minimum Gasteiger partial charge on any atom is -0.477 e. The summed E-state index contributed by atoms with van der Waals surface area (Å²) in [6.07, 6.45) is 9.77. The molecule has 7 nitrogen and oxygen atoms in total. The van der Waals surface area contributed by atoms with Crippen molar-refractivity contribution in [3.8, 4) is 11.8 Å². The predicted molar refractivity (Wildman–Crippen MR) is 94.7 cm³/mol. The van der Waals surface area contributed by atoms with Crippen molar-refractivity contribution in [3.63, 3.8) is 0 Å². The number of ether oxygens (including phenoxy) is 2. The minimum atomic E-state index is -0.103. The molecule has 1 fully saturated rings. The number of nitrogens with one attached hydrogen (secondary N) is 1. The van der Waals surface area contributed by atoms with Crippen molar-refractivity contribution < 1.29 is 14.3 Å². The highest BCUT2D eigenvalue weighted by molar-refractivity contribution is 9.10. The lowest BCUT2D eigenvalue weighted by atomic mass is 9.92. The maximum atomic E-state index is 12.3. The first-order chi connectivity index (χ1) is 12.2. The summed E-state index contributed by atoms with van der Waals surface area (Å²) in [5, 5.41) is 3.06. The van der Waals surface area contributed by atoms with Gasteiger partial charge in [0.15, 0.2) is 0 Å². The summed E-state index contributed by atoms with van der Waals surface area (Å²) in [6, 6.07) is 1.90. The Morgan fingerprint density at radius 3 is 2.56 bits per heavy atom. The van der Waals surface area contributed by atoms with E-state index in [1.54, 1.807) is 38.0 Å². The van der Waals surface area contributed by atoms with Gasteiger partial charge in [0.2, 0.25) is 0 Å². The molecule has 0 aliphatic heterocycles. The number of carbonyl (C=O) groups is 1. The molecule has 0 radical (unpaired) electrons. The van der Waals surface area contributed by atoms with Gasteiger partial charge in [0, 0.05) is 35.3 Å². The van der Waals surface area contributed by atoms with E-state index in [-0.39, 0.29) is 18.1 Å². The summed E-state index contributed by atoms with van der Waals surface area (Å²) in [4.78, 5) is 24.6. The van der Waals surface area contributed by atoms with Crippen LogP contribution in [0.3, 0.4) is 0 Å². The number of aromatic nitrogens is 3. The van der Waals surface area contributed by atoms with E-state index in [1.807, 2.05) is 0 Å². The van der Waals surface area contributed by atoms with Crippen LogP contribution in [0.2, 0.25) is 0 Å². The number of hydrogen-bond donors (Lipinski definition) is 1. The molecule has 0 bridgehead atoms. The standard InChI is InChI=1S/C17H19BrN4O3/c1-24-16-17(21-7-6-20-16)25-14-4-2-13(3-5-14)22-15(23)11-8-12(18)10-19-9-11/h6-10,13-14H,2-5H2,1H3,(H,22,23). The third-order valence-electron chi connectivity index (χ3n) is 4.08. The van der Waals surface area contributed by atoms with Gasteiger partial charge in [0.1, 0.15) is 6.10 Å². The van der Waals surface area contributed by atoms with Crippen LogP contribution in [0.25, 0.3) is 0 Å². The third-order valence-corrected chi connectivity index (χ3v) is 4.52.